The van der Waals surface area contributed by atoms with Gasteiger partial charge in [-0.2, -0.15) is 0 Å². The summed E-state index contributed by atoms with van der Waals surface area (Å²) < 4.78 is 10.7. The van der Waals surface area contributed by atoms with Crippen LogP contribution in [0, 0.1) is 0 Å². The highest BCUT2D eigenvalue weighted by atomic mass is 16.6. The Morgan fingerprint density at radius 2 is 1.79 bits per heavy atom. The molecule has 0 aliphatic carbocycles. The Bertz CT molecular complexity index is 365. The molecule has 0 saturated carbocycles. The first-order chi connectivity index (χ1) is 8.97. The minimum atomic E-state index is -0.398. The normalized spacial score (nSPS) is 11.3. The van der Waals surface area contributed by atoms with Crippen molar-refractivity contribution in [3.63, 3.8) is 0 Å². The first-order valence-corrected chi connectivity index (χ1v) is 6.81. The SMILES string of the molecule is CC(C)(C)OC(=O)CCCOCCc1ccccc1. The molecule has 106 valence electrons. The largest absolute Gasteiger partial charge is 0.460 e. The van der Waals surface area contributed by atoms with Crippen molar-refractivity contribution in [2.24, 2.45) is 0 Å². The molecule has 0 fully saturated rings. The van der Waals surface area contributed by atoms with Gasteiger partial charge in [0.25, 0.3) is 0 Å². The minimum absolute atomic E-state index is 0.154. The van der Waals surface area contributed by atoms with Crippen molar-refractivity contribution in [3.8, 4) is 0 Å². The van der Waals surface area contributed by atoms with Crippen LogP contribution in [0.25, 0.3) is 0 Å². The van der Waals surface area contributed by atoms with Gasteiger partial charge in [-0.05, 0) is 39.2 Å². The van der Waals surface area contributed by atoms with Crippen LogP contribution >= 0.6 is 0 Å². The summed E-state index contributed by atoms with van der Waals surface area (Å²) in [5.74, 6) is -0.154. The van der Waals surface area contributed by atoms with E-state index < -0.39 is 5.60 Å². The minimum Gasteiger partial charge on any atom is -0.460 e. The molecule has 0 saturated heterocycles. The smallest absolute Gasteiger partial charge is 0.306 e. The van der Waals surface area contributed by atoms with E-state index in [1.807, 2.05) is 39.0 Å². The highest BCUT2D eigenvalue weighted by Crippen LogP contribution is 2.09. The van der Waals surface area contributed by atoms with Crippen molar-refractivity contribution in [2.45, 2.75) is 45.6 Å². The molecule has 0 amide bonds. The van der Waals surface area contributed by atoms with Crippen molar-refractivity contribution in [2.75, 3.05) is 13.2 Å². The topological polar surface area (TPSA) is 35.5 Å². The quantitative estimate of drug-likeness (QED) is 0.559. The molecule has 0 spiro atoms. The van der Waals surface area contributed by atoms with Crippen molar-refractivity contribution >= 4 is 5.97 Å². The molecule has 19 heavy (non-hydrogen) atoms. The van der Waals surface area contributed by atoms with Crippen LogP contribution in [0.5, 0.6) is 0 Å². The van der Waals surface area contributed by atoms with Gasteiger partial charge in [-0.15, -0.1) is 0 Å². The molecule has 0 radical (unpaired) electrons. The van der Waals surface area contributed by atoms with Gasteiger partial charge in [-0.25, -0.2) is 0 Å². The van der Waals surface area contributed by atoms with Crippen LogP contribution in [0.4, 0.5) is 0 Å². The summed E-state index contributed by atoms with van der Waals surface area (Å²) in [5.41, 5.74) is 0.875. The summed E-state index contributed by atoms with van der Waals surface area (Å²) in [6.45, 7) is 6.92. The number of benzene rings is 1. The molecule has 0 aliphatic heterocycles. The van der Waals surface area contributed by atoms with Crippen LogP contribution in [0.1, 0.15) is 39.2 Å². The predicted molar refractivity (Wildman–Crippen MR) is 76.0 cm³/mol. The van der Waals surface area contributed by atoms with Gasteiger partial charge in [0.15, 0.2) is 0 Å². The van der Waals surface area contributed by atoms with Crippen molar-refractivity contribution in [3.05, 3.63) is 35.9 Å². The lowest BCUT2D eigenvalue weighted by atomic mass is 10.2. The summed E-state index contributed by atoms with van der Waals surface area (Å²) in [6, 6.07) is 10.2. The van der Waals surface area contributed by atoms with Gasteiger partial charge in [0, 0.05) is 13.0 Å². The second kappa shape index (κ2) is 7.95. The molecule has 1 rings (SSSR count). The monoisotopic (exact) mass is 264 g/mol. The van der Waals surface area contributed by atoms with Crippen molar-refractivity contribution in [1.82, 2.24) is 0 Å². The summed E-state index contributed by atoms with van der Waals surface area (Å²) >= 11 is 0. The number of ether oxygens (including phenoxy) is 2. The second-order valence-electron chi connectivity index (χ2n) is 5.54. The predicted octanol–water partition coefficient (Wildman–Crippen LogP) is 3.37. The molecule has 0 heterocycles. The van der Waals surface area contributed by atoms with Crippen LogP contribution in [-0.2, 0) is 20.7 Å². The Balaban J connectivity index is 2.01. The Kier molecular flexibility index (Phi) is 6.57. The molecule has 1 aromatic carbocycles. The fourth-order valence-corrected chi connectivity index (χ4v) is 1.65. The zero-order valence-corrected chi connectivity index (χ0v) is 12.1. The lowest BCUT2D eigenvalue weighted by Gasteiger charge is -2.19. The van der Waals surface area contributed by atoms with Gasteiger partial charge in [0.05, 0.1) is 6.61 Å². The average Bonchev–Trinajstić information content (AvgIpc) is 2.32. The number of carbonyl (C=O) groups excluding carboxylic acids is 1. The molecule has 0 unspecified atom stereocenters. The van der Waals surface area contributed by atoms with E-state index in [4.69, 9.17) is 9.47 Å². The first-order valence-electron chi connectivity index (χ1n) is 6.81. The third-order valence-corrected chi connectivity index (χ3v) is 2.47. The van der Waals surface area contributed by atoms with E-state index in [0.29, 0.717) is 26.1 Å². The Hall–Kier alpha value is -1.35. The molecule has 0 aliphatic rings. The Morgan fingerprint density at radius 1 is 1.11 bits per heavy atom. The van der Waals surface area contributed by atoms with E-state index in [9.17, 15) is 4.79 Å². The van der Waals surface area contributed by atoms with E-state index in [2.05, 4.69) is 12.1 Å². The van der Waals surface area contributed by atoms with Crippen LogP contribution in [0.2, 0.25) is 0 Å². The van der Waals surface area contributed by atoms with Crippen LogP contribution in [-0.4, -0.2) is 24.8 Å². The maximum atomic E-state index is 11.4. The second-order valence-corrected chi connectivity index (χ2v) is 5.54. The van der Waals surface area contributed by atoms with Gasteiger partial charge < -0.3 is 9.47 Å². The molecular weight excluding hydrogens is 240 g/mol. The standard InChI is InChI=1S/C16H24O3/c1-16(2,3)19-15(17)10-7-12-18-13-11-14-8-5-4-6-9-14/h4-6,8-9H,7,10-13H2,1-3H3. The lowest BCUT2D eigenvalue weighted by molar-refractivity contribution is -0.155. The van der Waals surface area contributed by atoms with E-state index in [1.54, 1.807) is 0 Å². The van der Waals surface area contributed by atoms with E-state index in [1.165, 1.54) is 5.56 Å². The van der Waals surface area contributed by atoms with Gasteiger partial charge in [0.2, 0.25) is 0 Å². The van der Waals surface area contributed by atoms with Gasteiger partial charge in [-0.3, -0.25) is 4.79 Å². The number of carbonyl (C=O) groups is 1. The Labute approximate surface area is 115 Å². The maximum absolute atomic E-state index is 11.4. The van der Waals surface area contributed by atoms with Gasteiger partial charge in [0.1, 0.15) is 5.60 Å². The van der Waals surface area contributed by atoms with Crippen molar-refractivity contribution in [1.29, 1.82) is 0 Å². The highest BCUT2D eigenvalue weighted by Gasteiger charge is 2.15. The van der Waals surface area contributed by atoms with Gasteiger partial charge in [-0.1, -0.05) is 30.3 Å². The number of hydrogen-bond acceptors (Lipinski definition) is 3. The first kappa shape index (κ1) is 15.7. The Morgan fingerprint density at radius 3 is 2.42 bits per heavy atom. The summed E-state index contributed by atoms with van der Waals surface area (Å²) in [6.07, 6.45) is 2.04. The van der Waals surface area contributed by atoms with Gasteiger partial charge >= 0.3 is 5.97 Å². The number of rotatable bonds is 7. The summed E-state index contributed by atoms with van der Waals surface area (Å²) in [4.78, 5) is 11.4. The molecule has 3 heteroatoms. The molecule has 1 aromatic rings. The number of hydrogen-bond donors (Lipinski definition) is 0. The van der Waals surface area contributed by atoms with Crippen LogP contribution < -0.4 is 0 Å². The summed E-state index contributed by atoms with van der Waals surface area (Å²) in [7, 11) is 0. The number of esters is 1. The molecule has 0 N–H and O–H groups in total. The third-order valence-electron chi connectivity index (χ3n) is 2.47. The fourth-order valence-electron chi connectivity index (χ4n) is 1.65. The van der Waals surface area contributed by atoms with Crippen molar-refractivity contribution < 1.29 is 14.3 Å². The molecule has 0 bridgehead atoms. The zero-order chi connectivity index (χ0) is 14.1. The van der Waals surface area contributed by atoms with E-state index >= 15 is 0 Å². The fraction of sp³-hybridized carbons (Fsp3) is 0.562. The average molecular weight is 264 g/mol. The molecule has 3 nitrogen and oxygen atoms in total. The molecule has 0 atom stereocenters. The van der Waals surface area contributed by atoms with Crippen LogP contribution in [0.15, 0.2) is 30.3 Å². The maximum Gasteiger partial charge on any atom is 0.306 e. The third kappa shape index (κ3) is 8.38. The highest BCUT2D eigenvalue weighted by molar-refractivity contribution is 5.69. The summed E-state index contributed by atoms with van der Waals surface area (Å²) in [5, 5.41) is 0. The van der Waals surface area contributed by atoms with Crippen LogP contribution in [0.3, 0.4) is 0 Å². The lowest BCUT2D eigenvalue weighted by Crippen LogP contribution is -2.23. The zero-order valence-electron chi connectivity index (χ0n) is 12.1. The molecular formula is C16H24O3. The van der Waals surface area contributed by atoms with E-state index in [0.717, 1.165) is 6.42 Å². The molecule has 0 aromatic heterocycles. The van der Waals surface area contributed by atoms with E-state index in [-0.39, 0.29) is 5.97 Å².